The molecule has 0 radical (unpaired) electrons. The lowest BCUT2D eigenvalue weighted by atomic mass is 9.92. The molecule has 1 fully saturated rings. The standard InChI is InChI=1S/C16H24N2O2.2ClH/c1-3-20-16(19)5-4-13-10-12(2)18-15(11-13)14-6-8-17-9-7-14;;/h10-11,14,17H,3-9H2,1-2H3;2*1H. The van der Waals surface area contributed by atoms with Crippen LogP contribution in [0.25, 0.3) is 0 Å². The molecule has 1 aromatic heterocycles. The molecule has 22 heavy (non-hydrogen) atoms. The third kappa shape index (κ3) is 6.51. The second-order valence-corrected chi connectivity index (χ2v) is 5.37. The van der Waals surface area contributed by atoms with E-state index in [1.807, 2.05) is 13.8 Å². The molecule has 1 aliphatic heterocycles. The number of carbonyl (C=O) groups is 1. The first-order valence-corrected chi connectivity index (χ1v) is 7.53. The van der Waals surface area contributed by atoms with Gasteiger partial charge in [0.05, 0.1) is 6.61 Å². The van der Waals surface area contributed by atoms with E-state index in [1.165, 1.54) is 11.3 Å². The number of aromatic nitrogens is 1. The maximum atomic E-state index is 11.4. The molecule has 0 aliphatic carbocycles. The van der Waals surface area contributed by atoms with E-state index in [1.54, 1.807) is 0 Å². The Morgan fingerprint density at radius 1 is 1.32 bits per heavy atom. The minimum absolute atomic E-state index is 0. The van der Waals surface area contributed by atoms with Gasteiger partial charge in [0.25, 0.3) is 0 Å². The Bertz CT molecular complexity index is 463. The fourth-order valence-corrected chi connectivity index (χ4v) is 2.72. The van der Waals surface area contributed by atoms with E-state index in [0.717, 1.165) is 38.0 Å². The van der Waals surface area contributed by atoms with Gasteiger partial charge >= 0.3 is 5.97 Å². The van der Waals surface area contributed by atoms with Gasteiger partial charge in [-0.2, -0.15) is 0 Å². The number of esters is 1. The molecule has 0 atom stereocenters. The second kappa shape index (κ2) is 10.8. The zero-order valence-electron chi connectivity index (χ0n) is 13.3. The summed E-state index contributed by atoms with van der Waals surface area (Å²) >= 11 is 0. The fraction of sp³-hybridized carbons (Fsp3) is 0.625. The summed E-state index contributed by atoms with van der Waals surface area (Å²) in [5.74, 6) is 0.433. The van der Waals surface area contributed by atoms with Crippen LogP contribution in [0.4, 0.5) is 0 Å². The lowest BCUT2D eigenvalue weighted by Crippen LogP contribution is -2.27. The summed E-state index contributed by atoms with van der Waals surface area (Å²) in [6.07, 6.45) is 3.48. The van der Waals surface area contributed by atoms with Crippen molar-refractivity contribution in [3.8, 4) is 0 Å². The Labute approximate surface area is 145 Å². The smallest absolute Gasteiger partial charge is 0.306 e. The highest BCUT2D eigenvalue weighted by Crippen LogP contribution is 2.25. The molecule has 0 bridgehead atoms. The van der Waals surface area contributed by atoms with E-state index < -0.39 is 0 Å². The largest absolute Gasteiger partial charge is 0.466 e. The number of piperidine rings is 1. The Morgan fingerprint density at radius 3 is 2.64 bits per heavy atom. The van der Waals surface area contributed by atoms with Gasteiger partial charge in [-0.05, 0) is 63.9 Å². The first kappa shape index (κ1) is 21.2. The molecule has 1 N–H and O–H groups in total. The predicted molar refractivity (Wildman–Crippen MR) is 93.3 cm³/mol. The van der Waals surface area contributed by atoms with E-state index in [0.29, 0.717) is 18.9 Å². The third-order valence-electron chi connectivity index (χ3n) is 3.71. The molecule has 0 saturated carbocycles. The molecule has 126 valence electrons. The highest BCUT2D eigenvalue weighted by atomic mass is 35.5. The van der Waals surface area contributed by atoms with Crippen LogP contribution in [0.5, 0.6) is 0 Å². The highest BCUT2D eigenvalue weighted by molar-refractivity contribution is 5.85. The molecular formula is C16H26Cl2N2O2. The van der Waals surface area contributed by atoms with Gasteiger partial charge in [-0.3, -0.25) is 9.78 Å². The molecular weight excluding hydrogens is 323 g/mol. The predicted octanol–water partition coefficient (Wildman–Crippen LogP) is 3.20. The summed E-state index contributed by atoms with van der Waals surface area (Å²) in [6, 6.07) is 4.24. The van der Waals surface area contributed by atoms with Crippen molar-refractivity contribution in [1.29, 1.82) is 0 Å². The van der Waals surface area contributed by atoms with Gasteiger partial charge in [-0.1, -0.05) is 0 Å². The number of ether oxygens (including phenoxy) is 1. The van der Waals surface area contributed by atoms with Crippen LogP contribution in [0, 0.1) is 6.92 Å². The molecule has 1 saturated heterocycles. The van der Waals surface area contributed by atoms with Crippen molar-refractivity contribution < 1.29 is 9.53 Å². The molecule has 0 unspecified atom stereocenters. The molecule has 0 amide bonds. The maximum absolute atomic E-state index is 11.4. The normalized spacial score (nSPS) is 14.6. The molecule has 4 nitrogen and oxygen atoms in total. The molecule has 6 heteroatoms. The van der Waals surface area contributed by atoms with Gasteiger partial charge in [0.15, 0.2) is 0 Å². The molecule has 1 aromatic rings. The van der Waals surface area contributed by atoms with Crippen LogP contribution < -0.4 is 5.32 Å². The number of aryl methyl sites for hydroxylation is 2. The average Bonchev–Trinajstić information content (AvgIpc) is 2.46. The maximum Gasteiger partial charge on any atom is 0.306 e. The number of rotatable bonds is 5. The first-order valence-electron chi connectivity index (χ1n) is 7.53. The van der Waals surface area contributed by atoms with Crippen LogP contribution in [0.2, 0.25) is 0 Å². The summed E-state index contributed by atoms with van der Waals surface area (Å²) in [5.41, 5.74) is 3.42. The minimum atomic E-state index is -0.120. The first-order chi connectivity index (χ1) is 9.69. The number of carbonyl (C=O) groups excluding carboxylic acids is 1. The lowest BCUT2D eigenvalue weighted by molar-refractivity contribution is -0.143. The van der Waals surface area contributed by atoms with Crippen LogP contribution in [-0.2, 0) is 16.0 Å². The van der Waals surface area contributed by atoms with Crippen LogP contribution in [-0.4, -0.2) is 30.6 Å². The number of nitrogens with one attached hydrogen (secondary N) is 1. The fourth-order valence-electron chi connectivity index (χ4n) is 2.72. The topological polar surface area (TPSA) is 51.2 Å². The lowest BCUT2D eigenvalue weighted by Gasteiger charge is -2.23. The molecule has 0 spiro atoms. The van der Waals surface area contributed by atoms with E-state index in [4.69, 9.17) is 4.74 Å². The molecule has 0 aromatic carbocycles. The van der Waals surface area contributed by atoms with Crippen molar-refractivity contribution in [2.24, 2.45) is 0 Å². The zero-order valence-corrected chi connectivity index (χ0v) is 14.9. The van der Waals surface area contributed by atoms with Gasteiger partial charge in [0.2, 0.25) is 0 Å². The number of hydrogen-bond acceptors (Lipinski definition) is 4. The number of pyridine rings is 1. The van der Waals surface area contributed by atoms with Crippen molar-refractivity contribution in [3.05, 3.63) is 29.1 Å². The van der Waals surface area contributed by atoms with Crippen LogP contribution in [0.1, 0.15) is 49.1 Å². The third-order valence-corrected chi connectivity index (χ3v) is 3.71. The van der Waals surface area contributed by atoms with Crippen molar-refractivity contribution >= 4 is 30.8 Å². The van der Waals surface area contributed by atoms with Gasteiger partial charge in [-0.15, -0.1) is 24.8 Å². The Balaban J connectivity index is 0.00000220. The highest BCUT2D eigenvalue weighted by Gasteiger charge is 2.17. The molecule has 2 rings (SSSR count). The number of nitrogens with zero attached hydrogens (tertiary/aromatic N) is 1. The summed E-state index contributed by atoms with van der Waals surface area (Å²) in [6.45, 7) is 6.45. The summed E-state index contributed by atoms with van der Waals surface area (Å²) in [5, 5.41) is 3.38. The van der Waals surface area contributed by atoms with Crippen molar-refractivity contribution in [1.82, 2.24) is 10.3 Å². The van der Waals surface area contributed by atoms with Gasteiger partial charge in [0, 0.05) is 23.7 Å². The number of hydrogen-bond donors (Lipinski definition) is 1. The average molecular weight is 349 g/mol. The van der Waals surface area contributed by atoms with Crippen LogP contribution in [0.15, 0.2) is 12.1 Å². The van der Waals surface area contributed by atoms with E-state index in [-0.39, 0.29) is 30.8 Å². The van der Waals surface area contributed by atoms with Crippen molar-refractivity contribution in [2.75, 3.05) is 19.7 Å². The van der Waals surface area contributed by atoms with Gasteiger partial charge in [-0.25, -0.2) is 0 Å². The summed E-state index contributed by atoms with van der Waals surface area (Å²) in [7, 11) is 0. The SMILES string of the molecule is CCOC(=O)CCc1cc(C)nc(C2CCNCC2)c1.Cl.Cl. The quantitative estimate of drug-likeness (QED) is 0.830. The Hall–Kier alpha value is -0.840. The second-order valence-electron chi connectivity index (χ2n) is 5.37. The van der Waals surface area contributed by atoms with E-state index in [9.17, 15) is 4.79 Å². The van der Waals surface area contributed by atoms with Gasteiger partial charge in [0.1, 0.15) is 0 Å². The van der Waals surface area contributed by atoms with Crippen molar-refractivity contribution in [2.45, 2.75) is 45.4 Å². The van der Waals surface area contributed by atoms with Crippen LogP contribution >= 0.6 is 24.8 Å². The van der Waals surface area contributed by atoms with E-state index >= 15 is 0 Å². The monoisotopic (exact) mass is 348 g/mol. The zero-order chi connectivity index (χ0) is 14.4. The Morgan fingerprint density at radius 2 is 2.00 bits per heavy atom. The Kier molecular flexibility index (Phi) is 10.4. The van der Waals surface area contributed by atoms with Gasteiger partial charge < -0.3 is 10.1 Å². The van der Waals surface area contributed by atoms with Crippen LogP contribution in [0.3, 0.4) is 0 Å². The molecule has 2 heterocycles. The van der Waals surface area contributed by atoms with E-state index in [2.05, 4.69) is 22.4 Å². The summed E-state index contributed by atoms with van der Waals surface area (Å²) < 4.78 is 4.98. The molecule has 1 aliphatic rings. The van der Waals surface area contributed by atoms with Crippen molar-refractivity contribution in [3.63, 3.8) is 0 Å². The summed E-state index contributed by atoms with van der Waals surface area (Å²) in [4.78, 5) is 16.1. The minimum Gasteiger partial charge on any atom is -0.466 e. The number of halogens is 2.